The number of esters is 1. The molecule has 2 bridgehead atoms. The Labute approximate surface area is 243 Å². The van der Waals surface area contributed by atoms with Crippen LogP contribution < -0.4 is 9.80 Å². The Morgan fingerprint density at radius 1 is 1.12 bits per heavy atom. The van der Waals surface area contributed by atoms with Crippen molar-refractivity contribution in [1.82, 2.24) is 4.90 Å². The maximum atomic E-state index is 14.5. The summed E-state index contributed by atoms with van der Waals surface area (Å²) in [6, 6.07) is 6.79. The second-order valence-corrected chi connectivity index (χ2v) is 11.4. The summed E-state index contributed by atoms with van der Waals surface area (Å²) in [6.45, 7) is 15.5. The van der Waals surface area contributed by atoms with Gasteiger partial charge in [0.25, 0.3) is 5.91 Å². The average Bonchev–Trinajstić information content (AvgIpc) is 3.53. The van der Waals surface area contributed by atoms with Gasteiger partial charge in [-0.2, -0.15) is 0 Å². The summed E-state index contributed by atoms with van der Waals surface area (Å²) >= 11 is 0. The first kappa shape index (κ1) is 30.8. The Hall–Kier alpha value is -3.17. The zero-order chi connectivity index (χ0) is 29.8. The Morgan fingerprint density at radius 2 is 1.80 bits per heavy atom. The number of carbonyl (C=O) groups is 3. The molecule has 224 valence electrons. The van der Waals surface area contributed by atoms with Gasteiger partial charge in [-0.25, -0.2) is 0 Å². The number of fused-ring (bicyclic) bond motifs is 1. The first-order valence-electron chi connectivity index (χ1n) is 14.9. The Bertz CT molecular complexity index is 1130. The van der Waals surface area contributed by atoms with E-state index in [2.05, 4.69) is 31.9 Å². The molecule has 5 atom stereocenters. The second-order valence-electron chi connectivity index (χ2n) is 11.4. The van der Waals surface area contributed by atoms with Crippen molar-refractivity contribution in [2.24, 2.45) is 11.8 Å². The van der Waals surface area contributed by atoms with Gasteiger partial charge in [-0.1, -0.05) is 12.2 Å². The van der Waals surface area contributed by atoms with Gasteiger partial charge in [0.15, 0.2) is 0 Å². The number of ether oxygens (including phenoxy) is 2. The van der Waals surface area contributed by atoms with Crippen molar-refractivity contribution < 1.29 is 29.0 Å². The normalized spacial score (nSPS) is 28.0. The number of carbonyl (C=O) groups excluding carboxylic acids is 3. The number of hydrogen-bond acceptors (Lipinski definition) is 7. The van der Waals surface area contributed by atoms with Crippen molar-refractivity contribution in [3.05, 3.63) is 49.6 Å². The van der Waals surface area contributed by atoms with Crippen LogP contribution in [0.4, 0.5) is 11.4 Å². The predicted molar refractivity (Wildman–Crippen MR) is 159 cm³/mol. The predicted octanol–water partition coefficient (Wildman–Crippen LogP) is 3.71. The lowest BCUT2D eigenvalue weighted by molar-refractivity contribution is -0.159. The number of aliphatic hydroxyl groups is 1. The number of unbranched alkanes of at least 4 members (excludes halogenated alkanes) is 2. The van der Waals surface area contributed by atoms with E-state index >= 15 is 0 Å². The van der Waals surface area contributed by atoms with Gasteiger partial charge in [0, 0.05) is 37.6 Å². The fourth-order valence-corrected chi connectivity index (χ4v) is 7.10. The zero-order valence-corrected chi connectivity index (χ0v) is 24.7. The van der Waals surface area contributed by atoms with Crippen LogP contribution in [0.15, 0.2) is 49.6 Å². The molecule has 3 aliphatic rings. The topological polar surface area (TPSA) is 99.6 Å². The molecule has 0 saturated carbocycles. The highest BCUT2D eigenvalue weighted by Gasteiger charge is 2.78. The third-order valence-corrected chi connectivity index (χ3v) is 9.02. The third-order valence-electron chi connectivity index (χ3n) is 9.02. The summed E-state index contributed by atoms with van der Waals surface area (Å²) in [5.74, 6) is -2.78. The number of nitrogens with zero attached hydrogens (tertiary/aromatic N) is 3. The number of anilines is 2. The summed E-state index contributed by atoms with van der Waals surface area (Å²) in [5.41, 5.74) is -0.350. The van der Waals surface area contributed by atoms with Gasteiger partial charge in [-0.05, 0) is 77.1 Å². The van der Waals surface area contributed by atoms with Gasteiger partial charge >= 0.3 is 5.97 Å². The highest BCUT2D eigenvalue weighted by Crippen LogP contribution is 2.63. The van der Waals surface area contributed by atoms with Gasteiger partial charge in [-0.15, -0.1) is 13.2 Å². The number of rotatable bonds is 15. The van der Waals surface area contributed by atoms with Crippen LogP contribution in [0.25, 0.3) is 0 Å². The van der Waals surface area contributed by atoms with E-state index in [1.807, 2.05) is 37.3 Å². The Kier molecular flexibility index (Phi) is 9.59. The molecule has 1 spiro atoms. The molecule has 2 amide bonds. The second kappa shape index (κ2) is 12.8. The largest absolute Gasteiger partial charge is 0.465 e. The molecule has 9 heteroatoms. The molecule has 0 aliphatic carbocycles. The van der Waals surface area contributed by atoms with Gasteiger partial charge in [0.05, 0.1) is 24.7 Å². The molecule has 3 fully saturated rings. The summed E-state index contributed by atoms with van der Waals surface area (Å²) in [6.07, 6.45) is 6.87. The minimum atomic E-state index is -1.18. The maximum Gasteiger partial charge on any atom is 0.312 e. The standard InChI is InChI=1S/C32H45N3O6/c1-6-10-11-12-22-40-30(39)26-25-28(37)35(20-21-36)27(32(25)18-17-31(26,5)41-32)29(38)34(19-7-2)24-15-13-23(14-16-24)33(8-3)9-4/h6-7,13-16,25-27,36H,1-2,8-12,17-22H2,3-5H3/t25-,26-,27?,31+,32?/m0/s1. The molecule has 3 heterocycles. The van der Waals surface area contributed by atoms with E-state index < -0.39 is 35.0 Å². The molecular formula is C32H45N3O6. The van der Waals surface area contributed by atoms with E-state index in [4.69, 9.17) is 9.47 Å². The number of amides is 2. The van der Waals surface area contributed by atoms with Gasteiger partial charge < -0.3 is 29.3 Å². The van der Waals surface area contributed by atoms with Crippen molar-refractivity contribution in [2.75, 3.05) is 49.2 Å². The molecule has 3 aliphatic heterocycles. The van der Waals surface area contributed by atoms with E-state index in [9.17, 15) is 19.5 Å². The van der Waals surface area contributed by atoms with Crippen LogP contribution in [0, 0.1) is 11.8 Å². The van der Waals surface area contributed by atoms with Crippen LogP contribution in [0.3, 0.4) is 0 Å². The van der Waals surface area contributed by atoms with Crippen molar-refractivity contribution in [1.29, 1.82) is 0 Å². The summed E-state index contributed by atoms with van der Waals surface area (Å²) < 4.78 is 12.3. The summed E-state index contributed by atoms with van der Waals surface area (Å²) in [4.78, 5) is 47.1. The first-order chi connectivity index (χ1) is 19.7. The summed E-state index contributed by atoms with van der Waals surface area (Å²) in [5, 5.41) is 9.90. The van der Waals surface area contributed by atoms with E-state index in [1.54, 1.807) is 11.0 Å². The molecule has 1 N–H and O–H groups in total. The highest BCUT2D eigenvalue weighted by molar-refractivity contribution is 6.05. The lowest BCUT2D eigenvalue weighted by Crippen LogP contribution is -2.56. The molecule has 0 radical (unpaired) electrons. The fourth-order valence-electron chi connectivity index (χ4n) is 7.10. The molecule has 0 aromatic heterocycles. The highest BCUT2D eigenvalue weighted by atomic mass is 16.6. The Morgan fingerprint density at radius 3 is 2.41 bits per heavy atom. The SMILES string of the molecule is C=CCCCCOC(=O)[C@@H]1[C@H]2C(=O)N(CCO)C(C(=O)N(CC=C)c3ccc(N(CC)CC)cc3)C23CC[C@@]1(C)O3. The number of hydrogen-bond donors (Lipinski definition) is 1. The van der Waals surface area contributed by atoms with Gasteiger partial charge in [0.2, 0.25) is 5.91 Å². The third kappa shape index (κ3) is 5.42. The maximum absolute atomic E-state index is 14.5. The van der Waals surface area contributed by atoms with Crippen molar-refractivity contribution in [2.45, 2.75) is 70.1 Å². The lowest BCUT2D eigenvalue weighted by atomic mass is 9.66. The molecule has 41 heavy (non-hydrogen) atoms. The van der Waals surface area contributed by atoms with Crippen LogP contribution in [-0.4, -0.2) is 84.4 Å². The zero-order valence-electron chi connectivity index (χ0n) is 24.7. The van der Waals surface area contributed by atoms with Crippen molar-refractivity contribution in [3.8, 4) is 0 Å². The molecule has 4 rings (SSSR count). The smallest absolute Gasteiger partial charge is 0.312 e. The number of likely N-dealkylation sites (tertiary alicyclic amines) is 1. The number of allylic oxidation sites excluding steroid dienone is 1. The van der Waals surface area contributed by atoms with E-state index in [-0.39, 0.29) is 38.1 Å². The molecule has 9 nitrogen and oxygen atoms in total. The number of β-amino-alcohol motifs (C(OH)–C–C–N with tert-alkyl or cyclic N) is 1. The van der Waals surface area contributed by atoms with Gasteiger partial charge in [0.1, 0.15) is 17.6 Å². The van der Waals surface area contributed by atoms with E-state index in [0.29, 0.717) is 24.9 Å². The van der Waals surface area contributed by atoms with Crippen LogP contribution >= 0.6 is 0 Å². The lowest BCUT2D eigenvalue weighted by Gasteiger charge is -2.36. The van der Waals surface area contributed by atoms with Gasteiger partial charge in [-0.3, -0.25) is 14.4 Å². The van der Waals surface area contributed by atoms with E-state index in [0.717, 1.165) is 31.6 Å². The fraction of sp³-hybridized carbons (Fsp3) is 0.594. The molecule has 1 aromatic carbocycles. The average molecular weight is 568 g/mol. The van der Waals surface area contributed by atoms with Crippen molar-refractivity contribution >= 4 is 29.2 Å². The first-order valence-corrected chi connectivity index (χ1v) is 14.9. The Balaban J connectivity index is 1.66. The molecule has 2 unspecified atom stereocenters. The van der Waals surface area contributed by atoms with E-state index in [1.165, 1.54) is 4.90 Å². The number of benzene rings is 1. The minimum Gasteiger partial charge on any atom is -0.465 e. The number of aliphatic hydroxyl groups excluding tert-OH is 1. The van der Waals surface area contributed by atoms with Crippen LogP contribution in [-0.2, 0) is 23.9 Å². The molecular weight excluding hydrogens is 522 g/mol. The molecule has 1 aromatic rings. The summed E-state index contributed by atoms with van der Waals surface area (Å²) in [7, 11) is 0. The van der Waals surface area contributed by atoms with Crippen LogP contribution in [0.5, 0.6) is 0 Å². The minimum absolute atomic E-state index is 0.0281. The van der Waals surface area contributed by atoms with Crippen LogP contribution in [0.1, 0.15) is 52.9 Å². The molecule has 3 saturated heterocycles. The van der Waals surface area contributed by atoms with Crippen LogP contribution in [0.2, 0.25) is 0 Å². The van der Waals surface area contributed by atoms with Crippen molar-refractivity contribution in [3.63, 3.8) is 0 Å². The quantitative estimate of drug-likeness (QED) is 0.196. The monoisotopic (exact) mass is 567 g/mol.